The van der Waals surface area contributed by atoms with Crippen molar-refractivity contribution in [3.8, 4) is 0 Å². The van der Waals surface area contributed by atoms with Gasteiger partial charge >= 0.3 is 203 Å². The second-order valence-electron chi connectivity index (χ2n) is 12.8. The number of allylic oxidation sites excluding steroid dienone is 7. The van der Waals surface area contributed by atoms with Crippen LogP contribution in [0.2, 0.25) is 0 Å². The molecule has 0 N–H and O–H groups in total. The Kier molecular flexibility index (Phi) is 7.74. The molecular formula is C29H43SSe+. The summed E-state index contributed by atoms with van der Waals surface area (Å²) in [6.07, 6.45) is 11.7. The molecule has 2 heterocycles. The van der Waals surface area contributed by atoms with E-state index in [1.54, 1.807) is 8.94 Å². The molecule has 0 unspecified atom stereocenters. The van der Waals surface area contributed by atoms with Crippen molar-refractivity contribution in [2.75, 3.05) is 0 Å². The molecule has 0 nitrogen and oxygen atoms in total. The van der Waals surface area contributed by atoms with E-state index in [0.29, 0.717) is 15.0 Å². The predicted octanol–water partition coefficient (Wildman–Crippen LogP) is 9.14. The van der Waals surface area contributed by atoms with Crippen LogP contribution in [-0.2, 0) is 10.8 Å². The van der Waals surface area contributed by atoms with E-state index in [-0.39, 0.29) is 21.7 Å². The Hall–Kier alpha value is -0.951. The van der Waals surface area contributed by atoms with Crippen molar-refractivity contribution < 1.29 is 0 Å². The van der Waals surface area contributed by atoms with Gasteiger partial charge in [0.2, 0.25) is 0 Å². The molecule has 0 aliphatic carbocycles. The van der Waals surface area contributed by atoms with Crippen LogP contribution in [0, 0.1) is 10.8 Å². The summed E-state index contributed by atoms with van der Waals surface area (Å²) in [5.41, 5.74) is 3.38. The average molecular weight is 503 g/mol. The molecule has 2 rings (SSSR count). The summed E-state index contributed by atoms with van der Waals surface area (Å²) in [4.78, 5) is 2.88. The van der Waals surface area contributed by atoms with E-state index >= 15 is 0 Å². The van der Waals surface area contributed by atoms with Gasteiger partial charge in [-0.05, 0) is 0 Å². The van der Waals surface area contributed by atoms with Crippen molar-refractivity contribution in [2.45, 2.75) is 93.9 Å². The third-order valence-corrected chi connectivity index (χ3v) is 11.1. The van der Waals surface area contributed by atoms with Crippen molar-refractivity contribution in [1.29, 1.82) is 0 Å². The van der Waals surface area contributed by atoms with Gasteiger partial charge in [-0.15, -0.1) is 0 Å². The summed E-state index contributed by atoms with van der Waals surface area (Å²) < 4.78 is 3.16. The minimum atomic E-state index is 0.160. The maximum atomic E-state index is 2.42. The second kappa shape index (κ2) is 9.12. The van der Waals surface area contributed by atoms with Gasteiger partial charge in [0.15, 0.2) is 0 Å². The fraction of sp³-hybridized carbons (Fsp3) is 0.552. The van der Waals surface area contributed by atoms with Gasteiger partial charge in [-0.3, -0.25) is 0 Å². The molecule has 0 aromatic carbocycles. The van der Waals surface area contributed by atoms with Gasteiger partial charge in [-0.2, -0.15) is 0 Å². The Morgan fingerprint density at radius 3 is 1.42 bits per heavy atom. The molecular weight excluding hydrogens is 459 g/mol. The van der Waals surface area contributed by atoms with E-state index < -0.39 is 0 Å². The number of hydrogen-bond donors (Lipinski definition) is 0. The molecule has 0 radical (unpaired) electrons. The summed E-state index contributed by atoms with van der Waals surface area (Å²) in [7, 11) is 0. The summed E-state index contributed by atoms with van der Waals surface area (Å²) in [5.74, 6) is 0. The molecule has 0 atom stereocenters. The second-order valence-corrected chi connectivity index (χ2v) is 16.1. The van der Waals surface area contributed by atoms with E-state index in [1.807, 2.05) is 11.3 Å². The molecule has 1 aliphatic heterocycles. The van der Waals surface area contributed by atoms with E-state index in [9.17, 15) is 0 Å². The Morgan fingerprint density at radius 1 is 0.645 bits per heavy atom. The van der Waals surface area contributed by atoms with Crippen LogP contribution in [0.1, 0.15) is 98.4 Å². The molecule has 0 spiro atoms. The molecule has 1 aromatic heterocycles. The van der Waals surface area contributed by atoms with E-state index in [1.165, 1.54) is 20.9 Å². The van der Waals surface area contributed by atoms with E-state index in [2.05, 4.69) is 126 Å². The predicted molar refractivity (Wildman–Crippen MR) is 144 cm³/mol. The van der Waals surface area contributed by atoms with Crippen molar-refractivity contribution in [3.05, 3.63) is 66.3 Å². The fourth-order valence-corrected chi connectivity index (χ4v) is 6.82. The van der Waals surface area contributed by atoms with Gasteiger partial charge in [-0.25, -0.2) is 0 Å². The molecule has 170 valence electrons. The molecule has 1 aromatic rings. The van der Waals surface area contributed by atoms with Gasteiger partial charge in [0.25, 0.3) is 0 Å². The SMILES string of the molecule is CC(C)(C)C1=CC(=CC=Cc2cc(C(C)(C)C)[s+]c(C(C)(C)C)c2)C=C(C(C)(C)C)[Se]1. The van der Waals surface area contributed by atoms with Crippen LogP contribution in [0.25, 0.3) is 6.08 Å². The fourth-order valence-electron chi connectivity index (χ4n) is 2.98. The number of hydrogen-bond acceptors (Lipinski definition) is 0. The van der Waals surface area contributed by atoms with Crippen molar-refractivity contribution in [1.82, 2.24) is 0 Å². The van der Waals surface area contributed by atoms with Crippen LogP contribution in [0.4, 0.5) is 0 Å². The minimum absolute atomic E-state index is 0.160. The molecule has 0 saturated carbocycles. The molecule has 31 heavy (non-hydrogen) atoms. The number of rotatable bonds is 2. The standard InChI is InChI=1S/C29H43SSe/c1-26(2,3)22-16-20(17-23(30-22)27(4,5)6)14-13-15-21-18-24(28(7,8)9)31-25(19-21)29(10,11)12/h13-19H,1-12H3/q+1. The van der Waals surface area contributed by atoms with E-state index in [0.717, 1.165) is 0 Å². The zero-order valence-electron chi connectivity index (χ0n) is 21.9. The molecule has 0 bridgehead atoms. The summed E-state index contributed by atoms with van der Waals surface area (Å²) in [5, 5.41) is 0. The monoisotopic (exact) mass is 503 g/mol. The first-order valence-electron chi connectivity index (χ1n) is 11.4. The maximum absolute atomic E-state index is 2.42. The molecule has 0 fully saturated rings. The van der Waals surface area contributed by atoms with E-state index in [4.69, 9.17) is 0 Å². The topological polar surface area (TPSA) is 0 Å². The van der Waals surface area contributed by atoms with Gasteiger partial charge in [0.05, 0.1) is 0 Å². The third-order valence-electron chi connectivity index (χ3n) is 5.17. The zero-order valence-corrected chi connectivity index (χ0v) is 24.4. The van der Waals surface area contributed by atoms with Crippen LogP contribution in [-0.4, -0.2) is 15.0 Å². The van der Waals surface area contributed by atoms with Crippen LogP contribution < -0.4 is 0 Å². The average Bonchev–Trinajstić information content (AvgIpc) is 2.58. The third kappa shape index (κ3) is 7.55. The van der Waals surface area contributed by atoms with Crippen molar-refractivity contribution >= 4 is 32.4 Å². The summed E-state index contributed by atoms with van der Waals surface area (Å²) in [6.45, 7) is 27.9. The molecule has 0 amide bonds. The van der Waals surface area contributed by atoms with Crippen molar-refractivity contribution in [3.63, 3.8) is 0 Å². The quantitative estimate of drug-likeness (QED) is 0.279. The first kappa shape index (κ1) is 26.3. The Bertz CT molecular complexity index is 863. The van der Waals surface area contributed by atoms with Crippen molar-refractivity contribution in [2.24, 2.45) is 10.8 Å². The van der Waals surface area contributed by atoms with Crippen LogP contribution >= 0.6 is 11.3 Å². The van der Waals surface area contributed by atoms with Gasteiger partial charge < -0.3 is 0 Å². The summed E-state index contributed by atoms with van der Waals surface area (Å²) in [6, 6.07) is 4.73. The Balaban J connectivity index is 2.47. The van der Waals surface area contributed by atoms with Crippen LogP contribution in [0.5, 0.6) is 0 Å². The normalized spacial score (nSPS) is 16.5. The van der Waals surface area contributed by atoms with Crippen LogP contribution in [0.3, 0.4) is 0 Å². The molecule has 0 saturated heterocycles. The first-order chi connectivity index (χ1) is 13.9. The summed E-state index contributed by atoms with van der Waals surface area (Å²) >= 11 is 2.38. The van der Waals surface area contributed by atoms with Crippen LogP contribution in [0.15, 0.2) is 51.0 Å². The van der Waals surface area contributed by atoms with Gasteiger partial charge in [0.1, 0.15) is 0 Å². The van der Waals surface area contributed by atoms with Gasteiger partial charge in [-0.1, -0.05) is 0 Å². The zero-order chi connectivity index (χ0) is 23.8. The van der Waals surface area contributed by atoms with Gasteiger partial charge in [0, 0.05) is 0 Å². The molecule has 1 aliphatic rings. The molecule has 2 heteroatoms. The Morgan fingerprint density at radius 2 is 1.06 bits per heavy atom. The Labute approximate surface area is 202 Å². The first-order valence-corrected chi connectivity index (χ1v) is 13.9.